The van der Waals surface area contributed by atoms with Crippen molar-refractivity contribution >= 4 is 22.6 Å². The number of methoxy groups -OCH3 is 1. The Kier molecular flexibility index (Phi) is 3.83. The van der Waals surface area contributed by atoms with E-state index < -0.39 is 0 Å². The Hall–Kier alpha value is -2.40. The van der Waals surface area contributed by atoms with Crippen LogP contribution in [0.4, 0.5) is 0 Å². The monoisotopic (exact) mass is 301 g/mol. The van der Waals surface area contributed by atoms with Gasteiger partial charge in [-0.15, -0.1) is 0 Å². The van der Waals surface area contributed by atoms with E-state index in [0.717, 1.165) is 5.56 Å². The van der Waals surface area contributed by atoms with Crippen LogP contribution in [0.1, 0.15) is 5.56 Å². The Labute approximate surface area is 126 Å². The highest BCUT2D eigenvalue weighted by molar-refractivity contribution is 6.29. The average Bonchev–Trinajstić information content (AvgIpc) is 2.53. The third-order valence-electron chi connectivity index (χ3n) is 2.86. The minimum atomic E-state index is 0.231. The summed E-state index contributed by atoms with van der Waals surface area (Å²) in [7, 11) is 1.51. The van der Waals surface area contributed by atoms with Crippen molar-refractivity contribution < 1.29 is 9.47 Å². The second-order valence-electron chi connectivity index (χ2n) is 4.29. The molecule has 0 unspecified atom stereocenters. The van der Waals surface area contributed by atoms with Crippen molar-refractivity contribution in [1.82, 2.24) is 15.0 Å². The van der Waals surface area contributed by atoms with Gasteiger partial charge in [0.25, 0.3) is 0 Å². The summed E-state index contributed by atoms with van der Waals surface area (Å²) in [5, 5.41) is 0.362. The van der Waals surface area contributed by atoms with Crippen LogP contribution < -0.4 is 9.47 Å². The molecule has 3 aromatic rings. The quantitative estimate of drug-likeness (QED) is 0.692. The van der Waals surface area contributed by atoms with Crippen molar-refractivity contribution in [2.75, 3.05) is 7.11 Å². The first-order chi connectivity index (χ1) is 10.3. The van der Waals surface area contributed by atoms with E-state index in [1.807, 2.05) is 30.3 Å². The van der Waals surface area contributed by atoms with Gasteiger partial charge in [0.2, 0.25) is 5.88 Å². The Bertz CT molecular complexity index is 765. The van der Waals surface area contributed by atoms with Gasteiger partial charge in [0.05, 0.1) is 7.11 Å². The van der Waals surface area contributed by atoms with E-state index in [9.17, 15) is 0 Å². The van der Waals surface area contributed by atoms with Crippen molar-refractivity contribution in [2.45, 2.75) is 6.61 Å². The molecule has 5 nitrogen and oxygen atoms in total. The average molecular weight is 302 g/mol. The maximum atomic E-state index is 5.93. The number of nitrogens with zero attached hydrogens (tertiary/aromatic N) is 3. The summed E-state index contributed by atoms with van der Waals surface area (Å²) >= 11 is 5.93. The summed E-state index contributed by atoms with van der Waals surface area (Å²) < 4.78 is 10.8. The molecular formula is C15H12ClN3O2. The molecule has 0 spiro atoms. The predicted molar refractivity (Wildman–Crippen MR) is 79.7 cm³/mol. The maximum Gasteiger partial charge on any atom is 0.320 e. The number of ether oxygens (including phenoxy) is 2. The molecule has 0 atom stereocenters. The molecule has 6 heteroatoms. The first-order valence-corrected chi connectivity index (χ1v) is 6.69. The SMILES string of the molecule is COc1nc(OCc2ccccc2)c2nc(Cl)ccc2n1. The van der Waals surface area contributed by atoms with E-state index >= 15 is 0 Å². The lowest BCUT2D eigenvalue weighted by Crippen LogP contribution is -2.02. The highest BCUT2D eigenvalue weighted by Gasteiger charge is 2.11. The van der Waals surface area contributed by atoms with Crippen LogP contribution in [0.5, 0.6) is 11.9 Å². The van der Waals surface area contributed by atoms with Gasteiger partial charge in [-0.2, -0.15) is 9.97 Å². The summed E-state index contributed by atoms with van der Waals surface area (Å²) in [5.74, 6) is 0.350. The van der Waals surface area contributed by atoms with Crippen LogP contribution in [-0.2, 0) is 6.61 Å². The molecule has 21 heavy (non-hydrogen) atoms. The van der Waals surface area contributed by atoms with Crippen LogP contribution in [0.25, 0.3) is 11.0 Å². The van der Waals surface area contributed by atoms with Crippen molar-refractivity contribution in [3.8, 4) is 11.9 Å². The van der Waals surface area contributed by atoms with Crippen LogP contribution in [0.3, 0.4) is 0 Å². The smallest absolute Gasteiger partial charge is 0.320 e. The largest absolute Gasteiger partial charge is 0.471 e. The Balaban J connectivity index is 1.97. The van der Waals surface area contributed by atoms with Gasteiger partial charge in [-0.25, -0.2) is 4.98 Å². The Morgan fingerprint density at radius 2 is 1.81 bits per heavy atom. The molecule has 0 aliphatic rings. The van der Waals surface area contributed by atoms with E-state index in [0.29, 0.717) is 28.7 Å². The summed E-state index contributed by atoms with van der Waals surface area (Å²) in [4.78, 5) is 12.6. The molecule has 1 aromatic carbocycles. The zero-order valence-corrected chi connectivity index (χ0v) is 12.0. The number of halogens is 1. The molecule has 0 saturated heterocycles. The van der Waals surface area contributed by atoms with Crippen LogP contribution >= 0.6 is 11.6 Å². The second-order valence-corrected chi connectivity index (χ2v) is 4.68. The number of fused-ring (bicyclic) bond motifs is 1. The Morgan fingerprint density at radius 1 is 1.00 bits per heavy atom. The third-order valence-corrected chi connectivity index (χ3v) is 3.07. The predicted octanol–water partition coefficient (Wildman–Crippen LogP) is 3.27. The van der Waals surface area contributed by atoms with Gasteiger partial charge < -0.3 is 9.47 Å². The van der Waals surface area contributed by atoms with E-state index in [4.69, 9.17) is 21.1 Å². The van der Waals surface area contributed by atoms with Crippen LogP contribution in [0.15, 0.2) is 42.5 Å². The Morgan fingerprint density at radius 3 is 2.57 bits per heavy atom. The molecule has 3 rings (SSSR count). The molecule has 0 aliphatic carbocycles. The van der Waals surface area contributed by atoms with Gasteiger partial charge in [-0.3, -0.25) is 0 Å². The van der Waals surface area contributed by atoms with Crippen LogP contribution in [-0.4, -0.2) is 22.1 Å². The summed E-state index contributed by atoms with van der Waals surface area (Å²) in [5.41, 5.74) is 2.17. The molecule has 0 aliphatic heterocycles. The number of benzene rings is 1. The molecule has 0 N–H and O–H groups in total. The minimum Gasteiger partial charge on any atom is -0.471 e. The zero-order valence-electron chi connectivity index (χ0n) is 11.3. The first-order valence-electron chi connectivity index (χ1n) is 6.31. The molecule has 0 amide bonds. The van der Waals surface area contributed by atoms with E-state index in [2.05, 4.69) is 15.0 Å². The van der Waals surface area contributed by atoms with Crippen LogP contribution in [0.2, 0.25) is 5.15 Å². The number of rotatable bonds is 4. The highest BCUT2D eigenvalue weighted by Crippen LogP contribution is 2.25. The molecule has 0 fully saturated rings. The lowest BCUT2D eigenvalue weighted by atomic mass is 10.2. The van der Waals surface area contributed by atoms with Gasteiger partial charge in [-0.05, 0) is 17.7 Å². The van der Waals surface area contributed by atoms with Crippen molar-refractivity contribution in [1.29, 1.82) is 0 Å². The summed E-state index contributed by atoms with van der Waals surface area (Å²) in [6.07, 6.45) is 0. The molecule has 2 heterocycles. The number of hydrogen-bond acceptors (Lipinski definition) is 5. The fourth-order valence-electron chi connectivity index (χ4n) is 1.86. The second kappa shape index (κ2) is 5.93. The van der Waals surface area contributed by atoms with E-state index in [1.165, 1.54) is 7.11 Å². The molecule has 106 valence electrons. The summed E-state index contributed by atoms with van der Waals surface area (Å²) in [6, 6.07) is 13.4. The van der Waals surface area contributed by atoms with Crippen molar-refractivity contribution in [3.05, 3.63) is 53.2 Å². The van der Waals surface area contributed by atoms with Gasteiger partial charge >= 0.3 is 6.01 Å². The molecular weight excluding hydrogens is 290 g/mol. The fraction of sp³-hybridized carbons (Fsp3) is 0.133. The first kappa shape index (κ1) is 13.6. The van der Waals surface area contributed by atoms with Crippen molar-refractivity contribution in [3.63, 3.8) is 0 Å². The number of hydrogen-bond donors (Lipinski definition) is 0. The van der Waals surface area contributed by atoms with E-state index in [1.54, 1.807) is 12.1 Å². The van der Waals surface area contributed by atoms with Gasteiger partial charge in [0.15, 0.2) is 5.52 Å². The van der Waals surface area contributed by atoms with Gasteiger partial charge in [0.1, 0.15) is 17.3 Å². The molecule has 0 saturated carbocycles. The lowest BCUT2D eigenvalue weighted by molar-refractivity contribution is 0.288. The molecule has 0 bridgehead atoms. The molecule has 0 radical (unpaired) electrons. The van der Waals surface area contributed by atoms with Crippen molar-refractivity contribution in [2.24, 2.45) is 0 Å². The topological polar surface area (TPSA) is 57.1 Å². The maximum absolute atomic E-state index is 5.93. The highest BCUT2D eigenvalue weighted by atomic mass is 35.5. The minimum absolute atomic E-state index is 0.231. The van der Waals surface area contributed by atoms with E-state index in [-0.39, 0.29) is 6.01 Å². The van der Waals surface area contributed by atoms with Crippen LogP contribution in [0, 0.1) is 0 Å². The van der Waals surface area contributed by atoms with Gasteiger partial charge in [-0.1, -0.05) is 41.9 Å². The van der Waals surface area contributed by atoms with Gasteiger partial charge in [0, 0.05) is 0 Å². The standard InChI is InChI=1S/C15H12ClN3O2/c1-20-15-17-11-7-8-12(16)18-13(11)14(19-15)21-9-10-5-3-2-4-6-10/h2-8H,9H2,1H3. The summed E-state index contributed by atoms with van der Waals surface area (Å²) in [6.45, 7) is 0.379. The lowest BCUT2D eigenvalue weighted by Gasteiger charge is -2.09. The number of aromatic nitrogens is 3. The number of pyridine rings is 1. The zero-order chi connectivity index (χ0) is 14.7. The normalized spacial score (nSPS) is 10.6. The fourth-order valence-corrected chi connectivity index (χ4v) is 2.01. The molecule has 2 aromatic heterocycles. The third kappa shape index (κ3) is 3.03.